The number of anilines is 1. The Morgan fingerprint density at radius 2 is 1.82 bits per heavy atom. The highest BCUT2D eigenvalue weighted by molar-refractivity contribution is 7.93. The van der Waals surface area contributed by atoms with Gasteiger partial charge in [0.15, 0.2) is 0 Å². The first kappa shape index (κ1) is 22.3. The van der Waals surface area contributed by atoms with Crippen molar-refractivity contribution in [3.05, 3.63) is 89.7 Å². The molecular weight excluding hydrogens is 450 g/mol. The van der Waals surface area contributed by atoms with Gasteiger partial charge in [-0.25, -0.2) is 8.42 Å². The largest absolute Gasteiger partial charge is 0.382 e. The lowest BCUT2D eigenvalue weighted by atomic mass is 9.79. The molecule has 1 saturated heterocycles. The van der Waals surface area contributed by atoms with Crippen LogP contribution >= 0.6 is 0 Å². The van der Waals surface area contributed by atoms with E-state index in [2.05, 4.69) is 15.8 Å². The number of sulfonamides is 1. The maximum atomic E-state index is 13.0. The fourth-order valence-electron chi connectivity index (χ4n) is 4.67. The van der Waals surface area contributed by atoms with E-state index in [1.807, 2.05) is 13.0 Å². The average molecular weight is 476 g/mol. The van der Waals surface area contributed by atoms with Crippen molar-refractivity contribution in [1.82, 2.24) is 9.88 Å². The topological polar surface area (TPSA) is 99.6 Å². The van der Waals surface area contributed by atoms with Crippen LogP contribution in [0.4, 0.5) is 5.69 Å². The van der Waals surface area contributed by atoms with E-state index in [0.717, 1.165) is 29.4 Å². The van der Waals surface area contributed by atoms with Crippen LogP contribution in [0, 0.1) is 0 Å². The van der Waals surface area contributed by atoms with Gasteiger partial charge in [0.2, 0.25) is 0 Å². The number of rotatable bonds is 5. The summed E-state index contributed by atoms with van der Waals surface area (Å²) in [6.07, 6.45) is 7.38. The Kier molecular flexibility index (Phi) is 5.50. The zero-order chi connectivity index (χ0) is 23.9. The van der Waals surface area contributed by atoms with Crippen molar-refractivity contribution in [3.8, 4) is 0 Å². The lowest BCUT2D eigenvalue weighted by Crippen LogP contribution is -2.64. The molecule has 1 fully saturated rings. The number of pyridine rings is 1. The molecule has 2 aromatic carbocycles. The Morgan fingerprint density at radius 1 is 1.09 bits per heavy atom. The lowest BCUT2D eigenvalue weighted by molar-refractivity contribution is -0.0562. The first-order chi connectivity index (χ1) is 16.3. The number of para-hydroxylation sites is 1. The van der Waals surface area contributed by atoms with Crippen LogP contribution < -0.4 is 4.72 Å². The second-order valence-electron chi connectivity index (χ2n) is 8.81. The molecule has 1 aliphatic heterocycles. The quantitative estimate of drug-likeness (QED) is 0.583. The Balaban J connectivity index is 1.29. The predicted octanol–water partition coefficient (Wildman–Crippen LogP) is 3.89. The number of likely N-dealkylation sites (tertiary alicyclic amines) is 1. The molecular formula is C26H25N3O4S. The maximum absolute atomic E-state index is 13.0. The summed E-state index contributed by atoms with van der Waals surface area (Å²) in [4.78, 5) is 18.8. The number of nitrogens with zero attached hydrogens (tertiary/aromatic N) is 2. The molecule has 174 valence electrons. The fourth-order valence-corrected chi connectivity index (χ4v) is 5.91. The van der Waals surface area contributed by atoms with E-state index in [4.69, 9.17) is 0 Å². The maximum Gasteiger partial charge on any atom is 0.264 e. The molecule has 0 saturated carbocycles. The minimum Gasteiger partial charge on any atom is -0.382 e. The first-order valence-electron chi connectivity index (χ1n) is 11.1. The molecule has 0 unspecified atom stereocenters. The Bertz CT molecular complexity index is 1430. The molecule has 1 aliphatic carbocycles. The van der Waals surface area contributed by atoms with Crippen LogP contribution in [0.5, 0.6) is 0 Å². The number of carbonyl (C=O) groups is 1. The molecule has 0 bridgehead atoms. The number of allylic oxidation sites excluding steroid dienone is 3. The summed E-state index contributed by atoms with van der Waals surface area (Å²) >= 11 is 0. The number of aliphatic hydroxyl groups is 1. The zero-order valence-corrected chi connectivity index (χ0v) is 19.5. The number of aromatic nitrogens is 1. The van der Waals surface area contributed by atoms with Crippen LogP contribution in [-0.4, -0.2) is 48.0 Å². The van der Waals surface area contributed by atoms with Gasteiger partial charge in [0, 0.05) is 22.8 Å². The summed E-state index contributed by atoms with van der Waals surface area (Å²) in [7, 11) is -3.87. The molecule has 1 aromatic heterocycles. The molecule has 3 aromatic rings. The van der Waals surface area contributed by atoms with Crippen molar-refractivity contribution >= 4 is 32.5 Å². The highest BCUT2D eigenvalue weighted by atomic mass is 32.2. The molecule has 7 nitrogen and oxygen atoms in total. The monoisotopic (exact) mass is 475 g/mol. The number of benzene rings is 2. The number of amides is 1. The Labute approximate surface area is 198 Å². The van der Waals surface area contributed by atoms with Crippen LogP contribution in [0.2, 0.25) is 0 Å². The first-order valence-corrected chi connectivity index (χ1v) is 12.6. The van der Waals surface area contributed by atoms with Crippen LogP contribution in [-0.2, 0) is 10.0 Å². The second kappa shape index (κ2) is 8.38. The van der Waals surface area contributed by atoms with Crippen molar-refractivity contribution in [1.29, 1.82) is 0 Å². The van der Waals surface area contributed by atoms with Crippen molar-refractivity contribution < 1.29 is 18.3 Å². The SMILES string of the molecule is CC1=C(C2(O)CN(C(=O)c3ccc(NS(=O)(=O)c4cccc5cccnc45)cc3)C2)CCC=C1. The lowest BCUT2D eigenvalue weighted by Gasteiger charge is -2.48. The summed E-state index contributed by atoms with van der Waals surface area (Å²) < 4.78 is 28.5. The summed E-state index contributed by atoms with van der Waals surface area (Å²) in [5.74, 6) is -0.193. The molecule has 2 heterocycles. The number of β-amino-alcohol motifs (C(OH)–C–C–N with tert-alkyl or cyclic N) is 1. The van der Waals surface area contributed by atoms with Gasteiger partial charge in [-0.15, -0.1) is 0 Å². The zero-order valence-electron chi connectivity index (χ0n) is 18.7. The number of carbonyl (C=O) groups excluding carboxylic acids is 1. The van der Waals surface area contributed by atoms with E-state index in [1.165, 1.54) is 6.07 Å². The van der Waals surface area contributed by atoms with Gasteiger partial charge in [0.05, 0.1) is 18.6 Å². The van der Waals surface area contributed by atoms with E-state index >= 15 is 0 Å². The van der Waals surface area contributed by atoms with Crippen LogP contribution in [0.1, 0.15) is 30.1 Å². The molecule has 0 atom stereocenters. The minimum absolute atomic E-state index is 0.0905. The second-order valence-corrected chi connectivity index (χ2v) is 10.5. The smallest absolute Gasteiger partial charge is 0.264 e. The molecule has 1 amide bonds. The summed E-state index contributed by atoms with van der Waals surface area (Å²) in [5.41, 5.74) is 2.29. The van der Waals surface area contributed by atoms with E-state index in [1.54, 1.807) is 59.6 Å². The summed E-state index contributed by atoms with van der Waals surface area (Å²) in [6, 6.07) is 14.9. The fraction of sp³-hybridized carbons (Fsp3) is 0.231. The van der Waals surface area contributed by atoms with Gasteiger partial charge in [-0.2, -0.15) is 0 Å². The molecule has 5 rings (SSSR count). The van der Waals surface area contributed by atoms with Crippen LogP contribution in [0.25, 0.3) is 10.9 Å². The van der Waals surface area contributed by atoms with E-state index in [-0.39, 0.29) is 23.9 Å². The molecule has 0 spiro atoms. The van der Waals surface area contributed by atoms with Crippen molar-refractivity contribution in [2.24, 2.45) is 0 Å². The number of fused-ring (bicyclic) bond motifs is 1. The van der Waals surface area contributed by atoms with Gasteiger partial charge in [-0.1, -0.05) is 30.4 Å². The molecule has 8 heteroatoms. The third-order valence-electron chi connectivity index (χ3n) is 6.43. The van der Waals surface area contributed by atoms with E-state index in [0.29, 0.717) is 16.8 Å². The normalized spacial score (nSPS) is 17.5. The molecule has 2 N–H and O–H groups in total. The van der Waals surface area contributed by atoms with Gasteiger partial charge < -0.3 is 10.0 Å². The van der Waals surface area contributed by atoms with Crippen LogP contribution in [0.3, 0.4) is 0 Å². The van der Waals surface area contributed by atoms with Gasteiger partial charge in [-0.05, 0) is 67.3 Å². The molecule has 34 heavy (non-hydrogen) atoms. The van der Waals surface area contributed by atoms with Gasteiger partial charge >= 0.3 is 0 Å². The standard InChI is InChI=1S/C26H25N3O4S/c1-18-6-2-3-9-22(18)26(31)16-29(17-26)25(30)20-11-13-21(14-12-20)28-34(32,33)23-10-4-7-19-8-5-15-27-24(19)23/h2,4-8,10-15,28,31H,3,9,16-17H2,1H3. The molecule has 0 radical (unpaired) electrons. The van der Waals surface area contributed by atoms with E-state index < -0.39 is 15.6 Å². The molecule has 2 aliphatic rings. The third-order valence-corrected chi connectivity index (χ3v) is 7.84. The van der Waals surface area contributed by atoms with E-state index in [9.17, 15) is 18.3 Å². The predicted molar refractivity (Wildman–Crippen MR) is 131 cm³/mol. The highest BCUT2D eigenvalue weighted by Crippen LogP contribution is 2.36. The van der Waals surface area contributed by atoms with Gasteiger partial charge in [0.1, 0.15) is 10.5 Å². The van der Waals surface area contributed by atoms with Gasteiger partial charge in [0.25, 0.3) is 15.9 Å². The summed E-state index contributed by atoms with van der Waals surface area (Å²) in [6.45, 7) is 2.51. The highest BCUT2D eigenvalue weighted by Gasteiger charge is 2.46. The average Bonchev–Trinajstić information content (AvgIpc) is 2.82. The number of nitrogens with one attached hydrogen (secondary N) is 1. The van der Waals surface area contributed by atoms with Crippen molar-refractivity contribution in [2.75, 3.05) is 17.8 Å². The Morgan fingerprint density at radius 3 is 2.56 bits per heavy atom. The Hall–Kier alpha value is -3.49. The summed E-state index contributed by atoms with van der Waals surface area (Å²) in [5, 5.41) is 11.7. The number of hydrogen-bond acceptors (Lipinski definition) is 5. The van der Waals surface area contributed by atoms with Crippen molar-refractivity contribution in [2.45, 2.75) is 30.3 Å². The minimum atomic E-state index is -3.87. The van der Waals surface area contributed by atoms with Crippen LogP contribution in [0.15, 0.2) is 89.0 Å². The van der Waals surface area contributed by atoms with Crippen molar-refractivity contribution in [3.63, 3.8) is 0 Å². The van der Waals surface area contributed by atoms with Gasteiger partial charge in [-0.3, -0.25) is 14.5 Å². The number of hydrogen-bond donors (Lipinski definition) is 2. The third kappa shape index (κ3) is 3.99.